The van der Waals surface area contributed by atoms with Crippen molar-refractivity contribution in [2.45, 2.75) is 97.1 Å². The molecule has 0 aliphatic rings. The Hall–Kier alpha value is 0.797. The van der Waals surface area contributed by atoms with Gasteiger partial charge in [-0.2, -0.15) is 0 Å². The van der Waals surface area contributed by atoms with Gasteiger partial charge in [0.1, 0.15) is 0 Å². The fourth-order valence-corrected chi connectivity index (χ4v) is 7.05. The molecule has 116 valence electrons. The monoisotopic (exact) mass is 324 g/mol. The second kappa shape index (κ2) is 12.5. The lowest BCUT2D eigenvalue weighted by Crippen LogP contribution is -2.23. The van der Waals surface area contributed by atoms with Crippen molar-refractivity contribution in [1.82, 2.24) is 0 Å². The zero-order chi connectivity index (χ0) is 14.6. The average Bonchev–Trinajstić information content (AvgIpc) is 2.38. The van der Waals surface area contributed by atoms with Gasteiger partial charge in [-0.1, -0.05) is 85.0 Å². The molecule has 0 fully saturated rings. The Kier molecular flexibility index (Phi) is 13.1. The smallest absolute Gasteiger partial charge is 0.146 e. The summed E-state index contributed by atoms with van der Waals surface area (Å²) < 4.78 is 0. The van der Waals surface area contributed by atoms with Crippen molar-refractivity contribution in [3.05, 3.63) is 0 Å². The number of unbranched alkanes of at least 4 members (excludes halogenated alkanes) is 6. The van der Waals surface area contributed by atoms with E-state index in [4.69, 9.17) is 22.2 Å². The summed E-state index contributed by atoms with van der Waals surface area (Å²) in [7, 11) is 0. The van der Waals surface area contributed by atoms with E-state index in [1.54, 1.807) is 0 Å². The van der Waals surface area contributed by atoms with Crippen molar-refractivity contribution >= 4 is 28.9 Å². The summed E-state index contributed by atoms with van der Waals surface area (Å²) in [6.07, 6.45) is 13.2. The van der Waals surface area contributed by atoms with Gasteiger partial charge in [-0.15, -0.1) is 22.2 Å². The van der Waals surface area contributed by atoms with E-state index in [1.165, 1.54) is 64.2 Å². The van der Waals surface area contributed by atoms with E-state index in [0.29, 0.717) is 0 Å². The van der Waals surface area contributed by atoms with Crippen LogP contribution >= 0.6 is 22.2 Å². The molecular formula is C16H34Cl2Si. The fraction of sp³-hybridized carbons (Fsp3) is 1.00. The maximum Gasteiger partial charge on any atom is 0.251 e. The molecule has 0 aliphatic heterocycles. The zero-order valence-electron chi connectivity index (χ0n) is 13.3. The molecule has 0 saturated heterocycles. The summed E-state index contributed by atoms with van der Waals surface area (Å²) in [6, 6.07) is 2.21. The fourth-order valence-electron chi connectivity index (χ4n) is 2.63. The summed E-state index contributed by atoms with van der Waals surface area (Å²) in [5.41, 5.74) is 0. The molecule has 0 radical (unpaired) electrons. The molecule has 0 spiro atoms. The van der Waals surface area contributed by atoms with Gasteiger partial charge in [0.05, 0.1) is 0 Å². The summed E-state index contributed by atoms with van der Waals surface area (Å²) >= 11 is 13.3. The van der Waals surface area contributed by atoms with Crippen LogP contribution in [0.1, 0.15) is 85.0 Å². The van der Waals surface area contributed by atoms with Gasteiger partial charge in [0.15, 0.2) is 0 Å². The Labute approximate surface area is 132 Å². The Morgan fingerprint density at radius 2 is 1.37 bits per heavy atom. The van der Waals surface area contributed by atoms with Gasteiger partial charge in [-0.3, -0.25) is 0 Å². The lowest BCUT2D eigenvalue weighted by molar-refractivity contribution is 0.487. The van der Waals surface area contributed by atoms with E-state index in [9.17, 15) is 0 Å². The minimum Gasteiger partial charge on any atom is -0.146 e. The number of hydrogen-bond acceptors (Lipinski definition) is 0. The summed E-state index contributed by atoms with van der Waals surface area (Å²) in [5, 5.41) is 0. The summed E-state index contributed by atoms with van der Waals surface area (Å²) in [5.74, 6) is 0.765. The first-order valence-electron chi connectivity index (χ1n) is 8.43. The first-order chi connectivity index (χ1) is 9.05. The van der Waals surface area contributed by atoms with Crippen molar-refractivity contribution in [3.8, 4) is 0 Å². The molecule has 0 N–H and O–H groups in total. The van der Waals surface area contributed by atoms with Gasteiger partial charge in [0.25, 0.3) is 6.69 Å². The lowest BCUT2D eigenvalue weighted by Gasteiger charge is -2.23. The van der Waals surface area contributed by atoms with E-state index >= 15 is 0 Å². The predicted octanol–water partition coefficient (Wildman–Crippen LogP) is 7.48. The van der Waals surface area contributed by atoms with Crippen LogP contribution in [-0.4, -0.2) is 6.69 Å². The van der Waals surface area contributed by atoms with Crippen LogP contribution in [0.15, 0.2) is 0 Å². The van der Waals surface area contributed by atoms with Crippen LogP contribution in [0.25, 0.3) is 0 Å². The first kappa shape index (κ1) is 19.8. The minimum absolute atomic E-state index is 0.765. The lowest BCUT2D eigenvalue weighted by atomic mass is 10.0. The van der Waals surface area contributed by atoms with Crippen LogP contribution in [0.2, 0.25) is 12.1 Å². The third kappa shape index (κ3) is 12.3. The third-order valence-corrected chi connectivity index (χ3v) is 8.35. The molecule has 0 rings (SSSR count). The normalized spacial score (nSPS) is 13.7. The highest BCUT2D eigenvalue weighted by atomic mass is 35.7. The Morgan fingerprint density at radius 3 is 1.95 bits per heavy atom. The van der Waals surface area contributed by atoms with E-state index in [2.05, 4.69) is 20.8 Å². The second-order valence-electron chi connectivity index (χ2n) is 5.99. The molecule has 0 aliphatic carbocycles. The molecule has 0 amide bonds. The van der Waals surface area contributed by atoms with Gasteiger partial charge in [-0.05, 0) is 18.0 Å². The van der Waals surface area contributed by atoms with E-state index < -0.39 is 6.69 Å². The van der Waals surface area contributed by atoms with Crippen molar-refractivity contribution < 1.29 is 0 Å². The maximum absolute atomic E-state index is 6.63. The molecule has 0 nitrogen and oxygen atoms in total. The van der Waals surface area contributed by atoms with Gasteiger partial charge in [0.2, 0.25) is 0 Å². The number of halogens is 2. The third-order valence-electron chi connectivity index (χ3n) is 4.03. The molecular weight excluding hydrogens is 291 g/mol. The highest BCUT2D eigenvalue weighted by Crippen LogP contribution is 2.34. The van der Waals surface area contributed by atoms with Crippen LogP contribution in [0.3, 0.4) is 0 Å². The van der Waals surface area contributed by atoms with Crippen molar-refractivity contribution in [1.29, 1.82) is 0 Å². The largest absolute Gasteiger partial charge is 0.251 e. The van der Waals surface area contributed by atoms with Crippen LogP contribution < -0.4 is 0 Å². The molecule has 0 aromatic heterocycles. The predicted molar refractivity (Wildman–Crippen MR) is 93.8 cm³/mol. The van der Waals surface area contributed by atoms with Gasteiger partial charge >= 0.3 is 0 Å². The molecule has 0 saturated carbocycles. The molecule has 0 aromatic carbocycles. The molecule has 0 aromatic rings. The van der Waals surface area contributed by atoms with Crippen molar-refractivity contribution in [2.75, 3.05) is 0 Å². The first-order valence-corrected chi connectivity index (χ1v) is 12.9. The molecule has 0 bridgehead atoms. The Morgan fingerprint density at radius 1 is 0.789 bits per heavy atom. The molecule has 3 heteroatoms. The number of hydrogen-bond donors (Lipinski definition) is 0. The molecule has 1 atom stereocenters. The summed E-state index contributed by atoms with van der Waals surface area (Å²) in [6.45, 7) is 4.84. The quantitative estimate of drug-likeness (QED) is 0.187. The minimum atomic E-state index is -1.96. The van der Waals surface area contributed by atoms with E-state index in [0.717, 1.165) is 18.0 Å². The van der Waals surface area contributed by atoms with Gasteiger partial charge in [-0.25, -0.2) is 0 Å². The highest BCUT2D eigenvalue weighted by molar-refractivity contribution is 7.45. The van der Waals surface area contributed by atoms with E-state index in [-0.39, 0.29) is 0 Å². The topological polar surface area (TPSA) is 0 Å². The zero-order valence-corrected chi connectivity index (χ0v) is 15.8. The van der Waals surface area contributed by atoms with Gasteiger partial charge in [0, 0.05) is 0 Å². The van der Waals surface area contributed by atoms with Gasteiger partial charge < -0.3 is 0 Å². The van der Waals surface area contributed by atoms with E-state index in [1.807, 2.05) is 0 Å². The Balaban J connectivity index is 3.75. The summed E-state index contributed by atoms with van der Waals surface area (Å²) in [4.78, 5) is 0. The highest BCUT2D eigenvalue weighted by Gasteiger charge is 2.30. The molecule has 0 heterocycles. The molecule has 1 unspecified atom stereocenters. The number of rotatable bonds is 13. The maximum atomic E-state index is 6.63. The molecule has 19 heavy (non-hydrogen) atoms. The SMILES string of the molecule is CCCCCCCC[Si](Cl)(Cl)CC(CC)CCCC. The van der Waals surface area contributed by atoms with Crippen LogP contribution in [0.4, 0.5) is 0 Å². The van der Waals surface area contributed by atoms with Crippen LogP contribution in [-0.2, 0) is 0 Å². The average molecular weight is 325 g/mol. The van der Waals surface area contributed by atoms with Crippen LogP contribution in [0, 0.1) is 5.92 Å². The van der Waals surface area contributed by atoms with Crippen molar-refractivity contribution in [2.24, 2.45) is 5.92 Å². The standard InChI is InChI=1S/C16H34Cl2Si/c1-4-7-9-10-11-12-14-19(17,18)15-16(6-3)13-8-5-2/h16H,4-15H2,1-3H3. The van der Waals surface area contributed by atoms with Crippen molar-refractivity contribution in [3.63, 3.8) is 0 Å². The van der Waals surface area contributed by atoms with Crippen LogP contribution in [0.5, 0.6) is 0 Å². The Bertz CT molecular complexity index is 195. The second-order valence-corrected chi connectivity index (χ2v) is 13.5.